The fourth-order valence-electron chi connectivity index (χ4n) is 2.32. The quantitative estimate of drug-likeness (QED) is 0.943. The highest BCUT2D eigenvalue weighted by Crippen LogP contribution is 2.37. The van der Waals surface area contributed by atoms with E-state index in [0.717, 1.165) is 18.2 Å². The Hall–Kier alpha value is -1.95. The molecule has 0 amide bonds. The molecule has 0 radical (unpaired) electrons. The molecule has 21 heavy (non-hydrogen) atoms. The molecular formula is C15H18F2N2O2. The number of nitrogens with zero attached hydrogens (tertiary/aromatic N) is 2. The summed E-state index contributed by atoms with van der Waals surface area (Å²) in [6, 6.07) is 2.91. The molecule has 1 N–H and O–H groups in total. The molecular weight excluding hydrogens is 278 g/mol. The lowest BCUT2D eigenvalue weighted by Crippen LogP contribution is -2.28. The first kappa shape index (κ1) is 15.4. The van der Waals surface area contributed by atoms with Crippen LogP contribution in [0.5, 0.6) is 5.75 Å². The van der Waals surface area contributed by atoms with Crippen LogP contribution >= 0.6 is 0 Å². The number of methoxy groups -OCH3 is 1. The van der Waals surface area contributed by atoms with Gasteiger partial charge in [-0.3, -0.25) is 4.68 Å². The van der Waals surface area contributed by atoms with E-state index in [2.05, 4.69) is 5.10 Å². The highest BCUT2D eigenvalue weighted by molar-refractivity contribution is 5.40. The SMILES string of the molecule is COc1cnn(C(C)C)c1C(C)(O)c1cc(F)cc(F)c1. The van der Waals surface area contributed by atoms with E-state index < -0.39 is 17.2 Å². The highest BCUT2D eigenvalue weighted by Gasteiger charge is 2.35. The monoisotopic (exact) mass is 296 g/mol. The van der Waals surface area contributed by atoms with E-state index in [1.54, 1.807) is 4.68 Å². The van der Waals surface area contributed by atoms with Crippen molar-refractivity contribution in [3.8, 4) is 5.75 Å². The van der Waals surface area contributed by atoms with Gasteiger partial charge in [-0.15, -0.1) is 0 Å². The summed E-state index contributed by atoms with van der Waals surface area (Å²) in [6.45, 7) is 5.23. The third-order valence-electron chi connectivity index (χ3n) is 3.36. The fourth-order valence-corrected chi connectivity index (χ4v) is 2.32. The van der Waals surface area contributed by atoms with Crippen molar-refractivity contribution in [2.75, 3.05) is 7.11 Å². The molecule has 2 aromatic rings. The summed E-state index contributed by atoms with van der Waals surface area (Å²) in [7, 11) is 1.45. The highest BCUT2D eigenvalue weighted by atomic mass is 19.1. The number of hydrogen-bond donors (Lipinski definition) is 1. The zero-order chi connectivity index (χ0) is 15.8. The maximum absolute atomic E-state index is 13.4. The summed E-state index contributed by atoms with van der Waals surface area (Å²) < 4.78 is 33.7. The minimum absolute atomic E-state index is 0.0474. The second-order valence-electron chi connectivity index (χ2n) is 5.33. The molecule has 0 aliphatic rings. The van der Waals surface area contributed by atoms with Crippen molar-refractivity contribution in [3.05, 3.63) is 47.3 Å². The van der Waals surface area contributed by atoms with E-state index in [9.17, 15) is 13.9 Å². The van der Waals surface area contributed by atoms with Crippen LogP contribution in [0.25, 0.3) is 0 Å². The van der Waals surface area contributed by atoms with Gasteiger partial charge in [0, 0.05) is 12.1 Å². The Morgan fingerprint density at radius 2 is 1.81 bits per heavy atom. The van der Waals surface area contributed by atoms with Crippen LogP contribution in [-0.4, -0.2) is 22.0 Å². The van der Waals surface area contributed by atoms with Crippen LogP contribution in [0.3, 0.4) is 0 Å². The van der Waals surface area contributed by atoms with Crippen LogP contribution < -0.4 is 4.74 Å². The Balaban J connectivity index is 2.65. The van der Waals surface area contributed by atoms with E-state index in [4.69, 9.17) is 4.74 Å². The summed E-state index contributed by atoms with van der Waals surface area (Å²) in [4.78, 5) is 0. The van der Waals surface area contributed by atoms with Gasteiger partial charge in [0.25, 0.3) is 0 Å². The normalized spacial score (nSPS) is 14.3. The molecule has 0 aliphatic carbocycles. The number of benzene rings is 1. The molecule has 0 saturated carbocycles. The topological polar surface area (TPSA) is 47.3 Å². The molecule has 6 heteroatoms. The molecule has 0 saturated heterocycles. The van der Waals surface area contributed by atoms with Gasteiger partial charge < -0.3 is 9.84 Å². The van der Waals surface area contributed by atoms with Crippen LogP contribution in [-0.2, 0) is 5.60 Å². The maximum Gasteiger partial charge on any atom is 0.163 e. The fraction of sp³-hybridized carbons (Fsp3) is 0.400. The largest absolute Gasteiger partial charge is 0.493 e. The van der Waals surface area contributed by atoms with Crippen molar-refractivity contribution >= 4 is 0 Å². The molecule has 0 fully saturated rings. The van der Waals surface area contributed by atoms with Gasteiger partial charge in [-0.2, -0.15) is 5.10 Å². The molecule has 1 atom stereocenters. The average Bonchev–Trinajstić information content (AvgIpc) is 2.82. The standard InChI is InChI=1S/C15H18F2N2O2/c1-9(2)19-14(13(21-4)8-18-19)15(3,20)10-5-11(16)7-12(17)6-10/h5-9,20H,1-4H3. The summed E-state index contributed by atoms with van der Waals surface area (Å²) in [5, 5.41) is 15.0. The van der Waals surface area contributed by atoms with Crippen molar-refractivity contribution in [3.63, 3.8) is 0 Å². The minimum atomic E-state index is -1.64. The predicted molar refractivity (Wildman–Crippen MR) is 74.2 cm³/mol. The third-order valence-corrected chi connectivity index (χ3v) is 3.36. The lowest BCUT2D eigenvalue weighted by Gasteiger charge is -2.27. The van der Waals surface area contributed by atoms with Gasteiger partial charge in [0.15, 0.2) is 5.75 Å². The average molecular weight is 296 g/mol. The number of hydrogen-bond acceptors (Lipinski definition) is 3. The van der Waals surface area contributed by atoms with Gasteiger partial charge in [-0.05, 0) is 38.5 Å². The molecule has 1 aromatic carbocycles. The van der Waals surface area contributed by atoms with Crippen molar-refractivity contribution in [1.29, 1.82) is 0 Å². The van der Waals surface area contributed by atoms with Crippen LogP contribution in [0.4, 0.5) is 8.78 Å². The summed E-state index contributed by atoms with van der Waals surface area (Å²) in [5.41, 5.74) is -1.19. The lowest BCUT2D eigenvalue weighted by atomic mass is 9.91. The molecule has 0 spiro atoms. The van der Waals surface area contributed by atoms with Crippen LogP contribution in [0, 0.1) is 11.6 Å². The van der Waals surface area contributed by atoms with Crippen molar-refractivity contribution in [2.24, 2.45) is 0 Å². The number of aromatic nitrogens is 2. The van der Waals surface area contributed by atoms with E-state index in [1.165, 1.54) is 20.2 Å². The lowest BCUT2D eigenvalue weighted by molar-refractivity contribution is 0.0860. The molecule has 1 aromatic heterocycles. The number of aliphatic hydroxyl groups is 1. The Morgan fingerprint density at radius 1 is 1.24 bits per heavy atom. The molecule has 4 nitrogen and oxygen atoms in total. The van der Waals surface area contributed by atoms with Crippen LogP contribution in [0.2, 0.25) is 0 Å². The molecule has 0 bridgehead atoms. The first-order chi connectivity index (χ1) is 9.77. The summed E-state index contributed by atoms with van der Waals surface area (Å²) >= 11 is 0. The van der Waals surface area contributed by atoms with Gasteiger partial charge in [0.2, 0.25) is 0 Å². The van der Waals surface area contributed by atoms with Crippen molar-refractivity contribution < 1.29 is 18.6 Å². The predicted octanol–water partition coefficient (Wildman–Crippen LogP) is 3.01. The van der Waals surface area contributed by atoms with E-state index in [1.807, 2.05) is 13.8 Å². The number of halogens is 2. The molecule has 2 rings (SSSR count). The zero-order valence-corrected chi connectivity index (χ0v) is 12.4. The Kier molecular flexibility index (Phi) is 4.00. The second kappa shape index (κ2) is 5.44. The van der Waals surface area contributed by atoms with E-state index >= 15 is 0 Å². The summed E-state index contributed by atoms with van der Waals surface area (Å²) in [5.74, 6) is -1.14. The number of ether oxygens (including phenoxy) is 1. The van der Waals surface area contributed by atoms with Gasteiger partial charge in [0.1, 0.15) is 22.9 Å². The zero-order valence-electron chi connectivity index (χ0n) is 12.4. The molecule has 0 aliphatic heterocycles. The first-order valence-corrected chi connectivity index (χ1v) is 6.58. The minimum Gasteiger partial charge on any atom is -0.493 e. The Labute approximate surface area is 122 Å². The van der Waals surface area contributed by atoms with Crippen molar-refractivity contribution in [2.45, 2.75) is 32.4 Å². The van der Waals surface area contributed by atoms with Gasteiger partial charge in [-0.25, -0.2) is 8.78 Å². The maximum atomic E-state index is 13.4. The van der Waals surface area contributed by atoms with Crippen LogP contribution in [0.1, 0.15) is 38.1 Å². The van der Waals surface area contributed by atoms with Gasteiger partial charge in [-0.1, -0.05) is 0 Å². The van der Waals surface area contributed by atoms with Gasteiger partial charge >= 0.3 is 0 Å². The smallest absolute Gasteiger partial charge is 0.163 e. The summed E-state index contributed by atoms with van der Waals surface area (Å²) in [6.07, 6.45) is 1.47. The number of rotatable bonds is 4. The molecule has 114 valence electrons. The van der Waals surface area contributed by atoms with E-state index in [-0.39, 0.29) is 11.6 Å². The van der Waals surface area contributed by atoms with Gasteiger partial charge in [0.05, 0.1) is 13.3 Å². The van der Waals surface area contributed by atoms with Crippen molar-refractivity contribution in [1.82, 2.24) is 9.78 Å². The third kappa shape index (κ3) is 2.76. The Bertz CT molecular complexity index is 631. The second-order valence-corrected chi connectivity index (χ2v) is 5.33. The van der Waals surface area contributed by atoms with E-state index in [0.29, 0.717) is 11.4 Å². The molecule has 1 unspecified atom stereocenters. The molecule has 1 heterocycles. The van der Waals surface area contributed by atoms with Crippen LogP contribution in [0.15, 0.2) is 24.4 Å². The first-order valence-electron chi connectivity index (χ1n) is 6.58. The Morgan fingerprint density at radius 3 is 2.29 bits per heavy atom.